The van der Waals surface area contributed by atoms with E-state index in [4.69, 9.17) is 0 Å². The zero-order chi connectivity index (χ0) is 14.2. The summed E-state index contributed by atoms with van der Waals surface area (Å²) in [4.78, 5) is 13.9. The maximum atomic E-state index is 12.0. The van der Waals surface area contributed by atoms with Crippen LogP contribution >= 0.6 is 15.9 Å². The Morgan fingerprint density at radius 3 is 2.75 bits per heavy atom. The number of amides is 1. The first-order valence-corrected chi connectivity index (χ1v) is 8.05. The minimum absolute atomic E-state index is 0.000693. The molecule has 0 bridgehead atoms. The first kappa shape index (κ1) is 14.1. The Morgan fingerprint density at radius 1 is 1.40 bits per heavy atom. The second kappa shape index (κ2) is 5.48. The predicted molar refractivity (Wildman–Crippen MR) is 78.2 cm³/mol. The van der Waals surface area contributed by atoms with Gasteiger partial charge in [0.1, 0.15) is 0 Å². The minimum atomic E-state index is 0.000693. The number of rotatable bonds is 3. The highest BCUT2D eigenvalue weighted by molar-refractivity contribution is 9.10. The average molecular weight is 342 g/mol. The summed E-state index contributed by atoms with van der Waals surface area (Å²) in [6.07, 6.45) is 9.54. The molecule has 1 saturated carbocycles. The molecule has 0 unspecified atom stereocenters. The molecule has 2 aliphatic rings. The third kappa shape index (κ3) is 2.39. The van der Waals surface area contributed by atoms with E-state index in [0.29, 0.717) is 19.0 Å². The van der Waals surface area contributed by atoms with Crippen LogP contribution in [-0.2, 0) is 4.79 Å². The van der Waals surface area contributed by atoms with E-state index >= 15 is 0 Å². The van der Waals surface area contributed by atoms with E-state index in [2.05, 4.69) is 21.0 Å². The van der Waals surface area contributed by atoms with Crippen LogP contribution in [0.2, 0.25) is 0 Å². The summed E-state index contributed by atoms with van der Waals surface area (Å²) in [6, 6.07) is 0.429. The quantitative estimate of drug-likeness (QED) is 0.915. The fraction of sp³-hybridized carbons (Fsp3) is 0.714. The minimum Gasteiger partial charge on any atom is -0.395 e. The first-order chi connectivity index (χ1) is 9.64. The molecule has 1 aliphatic heterocycles. The SMILES string of the molecule is O=C1CCC2(CCC(n3cc(Br)cn3)CC2)N1CCO. The highest BCUT2D eigenvalue weighted by Crippen LogP contribution is 2.45. The van der Waals surface area contributed by atoms with Gasteiger partial charge in [-0.3, -0.25) is 9.48 Å². The number of carbonyl (C=O) groups is 1. The summed E-state index contributed by atoms with van der Waals surface area (Å²) >= 11 is 3.43. The summed E-state index contributed by atoms with van der Waals surface area (Å²) < 4.78 is 3.04. The second-order valence-electron chi connectivity index (χ2n) is 5.86. The Kier molecular flexibility index (Phi) is 3.86. The molecule has 0 radical (unpaired) electrons. The molecule has 1 spiro atoms. The first-order valence-electron chi connectivity index (χ1n) is 7.26. The molecule has 1 aromatic rings. The van der Waals surface area contributed by atoms with Crippen molar-refractivity contribution < 1.29 is 9.90 Å². The van der Waals surface area contributed by atoms with Crippen molar-refractivity contribution in [2.24, 2.45) is 0 Å². The van der Waals surface area contributed by atoms with E-state index in [1.807, 2.05) is 22.0 Å². The largest absolute Gasteiger partial charge is 0.395 e. The Bertz CT molecular complexity index is 494. The van der Waals surface area contributed by atoms with Crippen LogP contribution in [0.3, 0.4) is 0 Å². The lowest BCUT2D eigenvalue weighted by atomic mass is 9.77. The van der Waals surface area contributed by atoms with Crippen LogP contribution in [0.25, 0.3) is 0 Å². The molecule has 1 aliphatic carbocycles. The second-order valence-corrected chi connectivity index (χ2v) is 6.78. The van der Waals surface area contributed by atoms with Crippen LogP contribution in [-0.4, -0.2) is 44.4 Å². The number of nitrogens with zero attached hydrogens (tertiary/aromatic N) is 3. The fourth-order valence-electron chi connectivity index (χ4n) is 3.77. The Hall–Kier alpha value is -0.880. The number of aliphatic hydroxyl groups excluding tert-OH is 1. The Labute approximate surface area is 127 Å². The molecule has 110 valence electrons. The zero-order valence-corrected chi connectivity index (χ0v) is 13.0. The predicted octanol–water partition coefficient (Wildman–Crippen LogP) is 2.11. The highest BCUT2D eigenvalue weighted by atomic mass is 79.9. The Balaban J connectivity index is 1.69. The van der Waals surface area contributed by atoms with Crippen molar-refractivity contribution in [3.05, 3.63) is 16.9 Å². The van der Waals surface area contributed by atoms with Crippen molar-refractivity contribution in [2.75, 3.05) is 13.2 Å². The van der Waals surface area contributed by atoms with E-state index in [-0.39, 0.29) is 18.1 Å². The van der Waals surface area contributed by atoms with Crippen molar-refractivity contribution in [3.63, 3.8) is 0 Å². The number of carbonyl (C=O) groups excluding carboxylic acids is 1. The lowest BCUT2D eigenvalue weighted by molar-refractivity contribution is -0.133. The molecule has 1 amide bonds. The van der Waals surface area contributed by atoms with Gasteiger partial charge in [-0.2, -0.15) is 5.10 Å². The molecule has 6 heteroatoms. The van der Waals surface area contributed by atoms with Crippen LogP contribution in [0.4, 0.5) is 0 Å². The summed E-state index contributed by atoms with van der Waals surface area (Å²) in [5, 5.41) is 13.6. The van der Waals surface area contributed by atoms with Crippen molar-refractivity contribution in [1.82, 2.24) is 14.7 Å². The number of aromatic nitrogens is 2. The van der Waals surface area contributed by atoms with Gasteiger partial charge in [-0.1, -0.05) is 0 Å². The summed E-state index contributed by atoms with van der Waals surface area (Å²) in [7, 11) is 0. The topological polar surface area (TPSA) is 58.4 Å². The van der Waals surface area contributed by atoms with Gasteiger partial charge in [0, 0.05) is 24.7 Å². The molecular formula is C14H20BrN3O2. The third-order valence-electron chi connectivity index (χ3n) is 4.83. The highest BCUT2D eigenvalue weighted by Gasteiger charge is 2.46. The summed E-state index contributed by atoms with van der Waals surface area (Å²) in [5.74, 6) is 0.208. The van der Waals surface area contributed by atoms with Gasteiger partial charge < -0.3 is 10.0 Å². The van der Waals surface area contributed by atoms with Crippen LogP contribution in [0.5, 0.6) is 0 Å². The standard InChI is InChI=1S/C14H20BrN3O2/c15-11-9-16-18(10-11)12-1-4-14(5-2-12)6-3-13(20)17(14)7-8-19/h9-10,12,19H,1-8H2. The lowest BCUT2D eigenvalue weighted by Crippen LogP contribution is -2.49. The molecule has 3 rings (SSSR count). The summed E-state index contributed by atoms with van der Waals surface area (Å²) in [6.45, 7) is 0.542. The van der Waals surface area contributed by atoms with Gasteiger partial charge in [-0.25, -0.2) is 0 Å². The van der Waals surface area contributed by atoms with Gasteiger partial charge in [0.05, 0.1) is 23.3 Å². The van der Waals surface area contributed by atoms with E-state index < -0.39 is 0 Å². The van der Waals surface area contributed by atoms with Crippen LogP contribution in [0, 0.1) is 0 Å². The molecule has 0 atom stereocenters. The third-order valence-corrected chi connectivity index (χ3v) is 5.24. The zero-order valence-electron chi connectivity index (χ0n) is 11.5. The molecule has 5 nitrogen and oxygen atoms in total. The molecule has 2 heterocycles. The van der Waals surface area contributed by atoms with E-state index in [9.17, 15) is 9.90 Å². The molecule has 1 saturated heterocycles. The van der Waals surface area contributed by atoms with Gasteiger partial charge in [0.15, 0.2) is 0 Å². The van der Waals surface area contributed by atoms with E-state index in [1.54, 1.807) is 0 Å². The monoisotopic (exact) mass is 341 g/mol. The van der Waals surface area contributed by atoms with Crippen LogP contribution in [0.1, 0.15) is 44.6 Å². The number of halogens is 1. The molecule has 0 aromatic carbocycles. The van der Waals surface area contributed by atoms with E-state index in [0.717, 1.165) is 36.6 Å². The normalized spacial score (nSPS) is 30.4. The van der Waals surface area contributed by atoms with Crippen molar-refractivity contribution >= 4 is 21.8 Å². The van der Waals surface area contributed by atoms with Gasteiger partial charge in [0.25, 0.3) is 0 Å². The molecule has 20 heavy (non-hydrogen) atoms. The molecular weight excluding hydrogens is 322 g/mol. The van der Waals surface area contributed by atoms with Crippen molar-refractivity contribution in [2.45, 2.75) is 50.1 Å². The average Bonchev–Trinajstić information content (AvgIpc) is 3.00. The van der Waals surface area contributed by atoms with Gasteiger partial charge in [-0.05, 0) is 48.0 Å². The maximum absolute atomic E-state index is 12.0. The number of β-amino-alcohol motifs (C(OH)–C–C–N with tert-alkyl or cyclic N) is 1. The molecule has 1 N–H and O–H groups in total. The molecule has 1 aromatic heterocycles. The van der Waals surface area contributed by atoms with Gasteiger partial charge >= 0.3 is 0 Å². The Morgan fingerprint density at radius 2 is 2.15 bits per heavy atom. The van der Waals surface area contributed by atoms with Crippen LogP contribution in [0.15, 0.2) is 16.9 Å². The van der Waals surface area contributed by atoms with Crippen molar-refractivity contribution in [1.29, 1.82) is 0 Å². The number of hydrogen-bond donors (Lipinski definition) is 1. The lowest BCUT2D eigenvalue weighted by Gasteiger charge is -2.43. The van der Waals surface area contributed by atoms with Crippen molar-refractivity contribution in [3.8, 4) is 0 Å². The fourth-order valence-corrected chi connectivity index (χ4v) is 4.08. The van der Waals surface area contributed by atoms with E-state index in [1.165, 1.54) is 0 Å². The summed E-state index contributed by atoms with van der Waals surface area (Å²) in [5.41, 5.74) is 0.000693. The molecule has 2 fully saturated rings. The van der Waals surface area contributed by atoms with Gasteiger partial charge in [-0.15, -0.1) is 0 Å². The maximum Gasteiger partial charge on any atom is 0.223 e. The van der Waals surface area contributed by atoms with Crippen LogP contribution < -0.4 is 0 Å². The number of likely N-dealkylation sites (tertiary alicyclic amines) is 1. The smallest absolute Gasteiger partial charge is 0.223 e. The number of aliphatic hydroxyl groups is 1. The number of hydrogen-bond acceptors (Lipinski definition) is 3. The van der Waals surface area contributed by atoms with Gasteiger partial charge in [0.2, 0.25) is 5.91 Å².